The summed E-state index contributed by atoms with van der Waals surface area (Å²) < 4.78 is 29.3. The number of pyridine rings is 1. The smallest absolute Gasteiger partial charge is 0.253 e. The topological polar surface area (TPSA) is 132 Å². The summed E-state index contributed by atoms with van der Waals surface area (Å²) in [5.41, 5.74) is 3.72. The van der Waals surface area contributed by atoms with Gasteiger partial charge in [-0.2, -0.15) is 0 Å². The minimum absolute atomic E-state index is 0.0867. The van der Waals surface area contributed by atoms with Crippen LogP contribution in [0.5, 0.6) is 0 Å². The number of ether oxygens (including phenoxy) is 1. The molecule has 0 aliphatic heterocycles. The van der Waals surface area contributed by atoms with Crippen LogP contribution in [0.1, 0.15) is 10.4 Å². The lowest BCUT2D eigenvalue weighted by Crippen LogP contribution is -2.46. The van der Waals surface area contributed by atoms with Crippen LogP contribution in [-0.2, 0) is 19.6 Å². The molecule has 3 aromatic heterocycles. The molecule has 0 aliphatic carbocycles. The maximum Gasteiger partial charge on any atom is 0.253 e. The second kappa shape index (κ2) is 10.8. The number of anilines is 1. The van der Waals surface area contributed by atoms with Gasteiger partial charge in [0.2, 0.25) is 10.0 Å². The highest BCUT2D eigenvalue weighted by Gasteiger charge is 2.23. The number of hydrogen-bond donors (Lipinski definition) is 2. The van der Waals surface area contributed by atoms with Crippen molar-refractivity contribution in [3.8, 4) is 22.4 Å². The van der Waals surface area contributed by atoms with Gasteiger partial charge in [-0.1, -0.05) is 18.2 Å². The van der Waals surface area contributed by atoms with Crippen molar-refractivity contribution in [1.29, 1.82) is 0 Å². The molecule has 0 aliphatic rings. The Labute approximate surface area is 212 Å². The fraction of sp³-hybridized carbons (Fsp3) is 0.167. The van der Waals surface area contributed by atoms with Crippen molar-refractivity contribution in [2.24, 2.45) is 0 Å². The Bertz CT molecular complexity index is 1480. The molecule has 36 heavy (non-hydrogen) atoms. The third-order valence-electron chi connectivity index (χ3n) is 5.17. The van der Waals surface area contributed by atoms with Gasteiger partial charge in [0.1, 0.15) is 6.04 Å². The van der Waals surface area contributed by atoms with Crippen molar-refractivity contribution in [2.75, 3.05) is 25.3 Å². The largest absolute Gasteiger partial charge is 0.382 e. The Kier molecular flexibility index (Phi) is 7.58. The highest BCUT2D eigenvalue weighted by atomic mass is 32.2. The highest BCUT2D eigenvalue weighted by Crippen LogP contribution is 2.28. The van der Waals surface area contributed by atoms with E-state index in [4.69, 9.17) is 4.74 Å². The van der Waals surface area contributed by atoms with Gasteiger partial charge in [-0.25, -0.2) is 13.4 Å². The number of benzene rings is 1. The summed E-state index contributed by atoms with van der Waals surface area (Å²) in [6.45, 7) is -0.0867. The zero-order chi connectivity index (χ0) is 25.7. The number of aromatic nitrogens is 3. The second-order valence-electron chi connectivity index (χ2n) is 7.82. The van der Waals surface area contributed by atoms with E-state index >= 15 is 0 Å². The number of carbonyl (C=O) groups is 2. The maximum absolute atomic E-state index is 12.9. The first-order chi connectivity index (χ1) is 17.2. The Hall–Kier alpha value is -3.87. The monoisotopic (exact) mass is 525 g/mol. The van der Waals surface area contributed by atoms with Gasteiger partial charge in [-0.05, 0) is 35.4 Å². The Morgan fingerprint density at radius 1 is 1.11 bits per heavy atom. The molecule has 1 unspecified atom stereocenters. The molecule has 0 spiro atoms. The van der Waals surface area contributed by atoms with Crippen LogP contribution >= 0.6 is 11.3 Å². The molecule has 4 aromatic rings. The molecule has 186 valence electrons. The second-order valence-corrected chi connectivity index (χ2v) is 10.6. The van der Waals surface area contributed by atoms with E-state index < -0.39 is 27.9 Å². The lowest BCUT2D eigenvalue weighted by Gasteiger charge is -2.16. The van der Waals surface area contributed by atoms with Crippen LogP contribution in [0.15, 0.2) is 72.6 Å². The Morgan fingerprint density at radius 3 is 2.56 bits per heavy atom. The SMILES string of the molecule is COCC(NC(=O)c1ccn(S(C)(=O)=O)c1)C(=O)Nc1nc(-c2cccc(-c3ccncc3)c2)cs1. The third-order valence-corrected chi connectivity index (χ3v) is 6.92. The number of nitrogens with one attached hydrogen (secondary N) is 2. The van der Waals surface area contributed by atoms with Crippen LogP contribution < -0.4 is 10.6 Å². The van der Waals surface area contributed by atoms with Crippen molar-refractivity contribution in [3.63, 3.8) is 0 Å². The molecule has 0 saturated heterocycles. The van der Waals surface area contributed by atoms with Crippen LogP contribution in [0, 0.1) is 0 Å². The predicted octanol–water partition coefficient (Wildman–Crippen LogP) is 2.86. The van der Waals surface area contributed by atoms with Crippen molar-refractivity contribution in [2.45, 2.75) is 6.04 Å². The van der Waals surface area contributed by atoms with Crippen LogP contribution in [0.25, 0.3) is 22.4 Å². The molecule has 0 fully saturated rings. The van der Waals surface area contributed by atoms with Gasteiger partial charge < -0.3 is 15.4 Å². The number of carbonyl (C=O) groups excluding carboxylic acids is 2. The number of hydrogen-bond acceptors (Lipinski definition) is 8. The van der Waals surface area contributed by atoms with Crippen molar-refractivity contribution >= 4 is 38.3 Å². The van der Waals surface area contributed by atoms with E-state index in [0.717, 1.165) is 26.9 Å². The van der Waals surface area contributed by atoms with E-state index in [0.29, 0.717) is 10.8 Å². The summed E-state index contributed by atoms with van der Waals surface area (Å²) in [4.78, 5) is 34.0. The molecule has 1 aromatic carbocycles. The van der Waals surface area contributed by atoms with Crippen molar-refractivity contribution in [3.05, 3.63) is 78.2 Å². The lowest BCUT2D eigenvalue weighted by molar-refractivity contribution is -0.119. The molecule has 10 nitrogen and oxygen atoms in total. The Balaban J connectivity index is 1.45. The first kappa shape index (κ1) is 25.2. The molecular weight excluding hydrogens is 502 g/mol. The van der Waals surface area contributed by atoms with Crippen molar-refractivity contribution in [1.82, 2.24) is 19.3 Å². The molecule has 2 amide bonds. The van der Waals surface area contributed by atoms with Gasteiger partial charge in [0, 0.05) is 42.8 Å². The molecule has 2 N–H and O–H groups in total. The van der Waals surface area contributed by atoms with E-state index in [9.17, 15) is 18.0 Å². The van der Waals surface area contributed by atoms with Gasteiger partial charge in [0.05, 0.1) is 24.1 Å². The fourth-order valence-electron chi connectivity index (χ4n) is 3.37. The average Bonchev–Trinajstić information content (AvgIpc) is 3.55. The van der Waals surface area contributed by atoms with Gasteiger partial charge in [0.25, 0.3) is 11.8 Å². The summed E-state index contributed by atoms with van der Waals surface area (Å²) in [6.07, 6.45) is 6.92. The summed E-state index contributed by atoms with van der Waals surface area (Å²) in [7, 11) is -2.12. The van der Waals surface area contributed by atoms with Gasteiger partial charge in [-0.15, -0.1) is 11.3 Å². The van der Waals surface area contributed by atoms with E-state index in [-0.39, 0.29) is 12.2 Å². The Morgan fingerprint density at radius 2 is 1.86 bits per heavy atom. The summed E-state index contributed by atoms with van der Waals surface area (Å²) in [6, 6.07) is 12.0. The summed E-state index contributed by atoms with van der Waals surface area (Å²) >= 11 is 1.25. The zero-order valence-corrected chi connectivity index (χ0v) is 21.0. The molecule has 12 heteroatoms. The van der Waals surface area contributed by atoms with Crippen LogP contribution in [0.4, 0.5) is 5.13 Å². The molecule has 1 atom stereocenters. The van der Waals surface area contributed by atoms with E-state index in [2.05, 4.69) is 20.6 Å². The van der Waals surface area contributed by atoms with Gasteiger partial charge in [0.15, 0.2) is 5.13 Å². The molecule has 0 saturated carbocycles. The standard InChI is InChI=1S/C24H23N5O5S2/c1-34-14-20(26-22(30)19-8-11-29(13-19)36(2,32)33)23(31)28-24-27-21(15-35-24)18-5-3-4-17(12-18)16-6-9-25-10-7-16/h3-13,15,20H,14H2,1-2H3,(H,26,30)(H,27,28,31). The van der Waals surface area contributed by atoms with Crippen LogP contribution in [0.3, 0.4) is 0 Å². The minimum atomic E-state index is -3.53. The van der Waals surface area contributed by atoms with Gasteiger partial charge >= 0.3 is 0 Å². The maximum atomic E-state index is 12.9. The third kappa shape index (κ3) is 6.03. The normalized spacial score (nSPS) is 12.2. The van der Waals surface area contributed by atoms with E-state index in [1.807, 2.05) is 41.8 Å². The number of amides is 2. The minimum Gasteiger partial charge on any atom is -0.382 e. The van der Waals surface area contributed by atoms with E-state index in [1.165, 1.54) is 36.9 Å². The number of rotatable bonds is 9. The number of nitrogens with zero attached hydrogens (tertiary/aromatic N) is 3. The van der Waals surface area contributed by atoms with Crippen LogP contribution in [0.2, 0.25) is 0 Å². The molecule has 3 heterocycles. The summed E-state index contributed by atoms with van der Waals surface area (Å²) in [5, 5.41) is 7.48. The average molecular weight is 526 g/mol. The van der Waals surface area contributed by atoms with Gasteiger partial charge in [-0.3, -0.25) is 18.5 Å². The predicted molar refractivity (Wildman–Crippen MR) is 137 cm³/mol. The summed E-state index contributed by atoms with van der Waals surface area (Å²) in [5.74, 6) is -1.12. The first-order valence-corrected chi connectivity index (χ1v) is 13.4. The van der Waals surface area contributed by atoms with Crippen LogP contribution in [-0.4, -0.2) is 60.2 Å². The van der Waals surface area contributed by atoms with E-state index in [1.54, 1.807) is 12.4 Å². The highest BCUT2D eigenvalue weighted by molar-refractivity contribution is 7.89. The number of methoxy groups -OCH3 is 1. The molecule has 4 rings (SSSR count). The lowest BCUT2D eigenvalue weighted by atomic mass is 10.0. The molecule has 0 radical (unpaired) electrons. The first-order valence-electron chi connectivity index (χ1n) is 10.7. The molecular formula is C24H23N5O5S2. The quantitative estimate of drug-likeness (QED) is 0.343. The number of thiazole rings is 1. The van der Waals surface area contributed by atoms with Crippen molar-refractivity contribution < 1.29 is 22.7 Å². The zero-order valence-electron chi connectivity index (χ0n) is 19.4. The fourth-order valence-corrected chi connectivity index (χ4v) is 4.68. The molecule has 0 bridgehead atoms.